The zero-order chi connectivity index (χ0) is 56.9. The zero-order valence-corrected chi connectivity index (χ0v) is 51.8. The van der Waals surface area contributed by atoms with Crippen molar-refractivity contribution in [3.63, 3.8) is 0 Å². The molecule has 78 heavy (non-hydrogen) atoms. The van der Waals surface area contributed by atoms with E-state index in [1.54, 1.807) is 0 Å². The SMILES string of the molecule is CC/C=C\C/C=C\C/C=C\C/C=C\C/C=C\CCCCCCCCCC(=O)OC(COC(=O)CCCCCCCCCCCCCCCCCCCCCCCCCCCCCCCC)COC(OCC[N+](C)(C)C)C(=O)O. The molecule has 0 spiro atoms. The Bertz CT molecular complexity index is 1460. The minimum atomic E-state index is -1.52. The number of carbonyl (C=O) groups is 3. The molecule has 2 unspecified atom stereocenters. The lowest BCUT2D eigenvalue weighted by molar-refractivity contribution is -0.870. The van der Waals surface area contributed by atoms with Gasteiger partial charge in [-0.2, -0.15) is 0 Å². The Hall–Kier alpha value is -3.01. The van der Waals surface area contributed by atoms with Crippen LogP contribution in [0.25, 0.3) is 0 Å². The number of esters is 2. The van der Waals surface area contributed by atoms with Crippen molar-refractivity contribution < 1.29 is 42.9 Å². The summed E-state index contributed by atoms with van der Waals surface area (Å²) in [5, 5.41) is 9.73. The number of carbonyl (C=O) groups excluding carboxylic acids is 2. The predicted molar refractivity (Wildman–Crippen MR) is 332 cm³/mol. The number of likely N-dealkylation sites (N-methyl/N-ethyl adjacent to an activating group) is 1. The van der Waals surface area contributed by atoms with Crippen LogP contribution >= 0.6 is 0 Å². The summed E-state index contributed by atoms with van der Waals surface area (Å²) < 4.78 is 22.9. The number of quaternary nitrogens is 1. The molecule has 0 amide bonds. The Morgan fingerprint density at radius 1 is 0.397 bits per heavy atom. The van der Waals surface area contributed by atoms with Gasteiger partial charge in [0.2, 0.25) is 0 Å². The van der Waals surface area contributed by atoms with Crippen LogP contribution in [0, 0.1) is 0 Å². The van der Waals surface area contributed by atoms with Crippen LogP contribution in [-0.2, 0) is 33.3 Å². The van der Waals surface area contributed by atoms with Crippen molar-refractivity contribution >= 4 is 17.9 Å². The van der Waals surface area contributed by atoms with Gasteiger partial charge in [-0.15, -0.1) is 0 Å². The van der Waals surface area contributed by atoms with Crippen molar-refractivity contribution in [1.29, 1.82) is 0 Å². The average molecular weight is 1100 g/mol. The van der Waals surface area contributed by atoms with Crippen molar-refractivity contribution in [3.8, 4) is 0 Å². The van der Waals surface area contributed by atoms with Crippen molar-refractivity contribution in [2.24, 2.45) is 0 Å². The molecule has 0 aromatic heterocycles. The standard InChI is InChI=1S/C69H125NO8/c1-6-8-10-12-14-16-18-20-22-24-26-28-30-31-32-33-34-35-36-38-39-41-43-45-47-49-51-53-55-57-59-66(71)76-63-65(64-77-69(68(73)74)75-62-61-70(3,4)5)78-67(72)60-58-56-54-52-50-48-46-44-42-40-37-29-27-25-23-21-19-17-15-13-11-9-7-2/h9,11,15,17,21,23,27,29,40,42,65,69H,6-8,10,12-14,16,18-20,22,24-26,28,30-39,41,43-64H2,1-5H3/p+1/b11-9-,17-15-,23-21-,29-27-,42-40-. The third-order valence-corrected chi connectivity index (χ3v) is 14.5. The fraction of sp³-hybridized carbons (Fsp3) is 0.812. The van der Waals surface area contributed by atoms with E-state index in [0.29, 0.717) is 23.9 Å². The monoisotopic (exact) mass is 1100 g/mol. The van der Waals surface area contributed by atoms with Crippen LogP contribution in [0.2, 0.25) is 0 Å². The number of hydrogen-bond acceptors (Lipinski definition) is 7. The lowest BCUT2D eigenvalue weighted by Gasteiger charge is -2.25. The lowest BCUT2D eigenvalue weighted by atomic mass is 10.0. The molecule has 0 bridgehead atoms. The Morgan fingerprint density at radius 2 is 0.731 bits per heavy atom. The number of ether oxygens (including phenoxy) is 4. The second-order valence-electron chi connectivity index (χ2n) is 23.4. The molecule has 0 heterocycles. The third kappa shape index (κ3) is 60.6. The van der Waals surface area contributed by atoms with E-state index in [9.17, 15) is 19.5 Å². The molecule has 0 aliphatic heterocycles. The Labute approximate surface area is 482 Å². The van der Waals surface area contributed by atoms with Crippen LogP contribution in [0.15, 0.2) is 60.8 Å². The van der Waals surface area contributed by atoms with E-state index < -0.39 is 24.3 Å². The van der Waals surface area contributed by atoms with E-state index in [1.807, 2.05) is 21.1 Å². The fourth-order valence-electron chi connectivity index (χ4n) is 9.51. The maximum Gasteiger partial charge on any atom is 0.361 e. The van der Waals surface area contributed by atoms with E-state index in [-0.39, 0.29) is 32.2 Å². The third-order valence-electron chi connectivity index (χ3n) is 14.5. The van der Waals surface area contributed by atoms with Gasteiger partial charge in [0.25, 0.3) is 6.29 Å². The molecule has 0 aliphatic carbocycles. The van der Waals surface area contributed by atoms with Crippen LogP contribution in [0.5, 0.6) is 0 Å². The van der Waals surface area contributed by atoms with Crippen molar-refractivity contribution in [2.75, 3.05) is 47.5 Å². The van der Waals surface area contributed by atoms with Crippen LogP contribution in [-0.4, -0.2) is 87.4 Å². The summed E-state index contributed by atoms with van der Waals surface area (Å²) in [5.41, 5.74) is 0. The summed E-state index contributed by atoms with van der Waals surface area (Å²) in [6.45, 7) is 4.79. The highest BCUT2D eigenvalue weighted by atomic mass is 16.7. The normalized spacial score (nSPS) is 13.1. The smallest absolute Gasteiger partial charge is 0.361 e. The summed E-state index contributed by atoms with van der Waals surface area (Å²) in [6.07, 6.45) is 74.7. The molecule has 0 rings (SSSR count). The minimum absolute atomic E-state index is 0.184. The topological polar surface area (TPSA) is 108 Å². The van der Waals surface area contributed by atoms with Gasteiger partial charge in [-0.1, -0.05) is 293 Å². The van der Waals surface area contributed by atoms with Gasteiger partial charge in [0.1, 0.15) is 13.2 Å². The van der Waals surface area contributed by atoms with Crippen LogP contribution in [0.4, 0.5) is 0 Å². The van der Waals surface area contributed by atoms with Crippen molar-refractivity contribution in [3.05, 3.63) is 60.8 Å². The molecular weight excluding hydrogens is 971 g/mol. The van der Waals surface area contributed by atoms with Gasteiger partial charge in [-0.25, -0.2) is 4.79 Å². The first kappa shape index (κ1) is 75.0. The molecule has 0 fully saturated rings. The molecule has 1 N–H and O–H groups in total. The Kier molecular flexibility index (Phi) is 57.8. The first-order chi connectivity index (χ1) is 38.1. The molecule has 0 aromatic rings. The highest BCUT2D eigenvalue weighted by Gasteiger charge is 2.25. The summed E-state index contributed by atoms with van der Waals surface area (Å²) in [6, 6.07) is 0. The van der Waals surface area contributed by atoms with E-state index in [0.717, 1.165) is 77.0 Å². The molecule has 0 saturated carbocycles. The largest absolute Gasteiger partial charge is 0.477 e. The molecular formula is C69H126NO8+. The number of unbranched alkanes of at least 4 members (excludes halogenated alkanes) is 36. The number of aliphatic carboxylic acids is 1. The van der Waals surface area contributed by atoms with E-state index >= 15 is 0 Å². The number of rotatable bonds is 61. The van der Waals surface area contributed by atoms with Gasteiger partial charge in [0.15, 0.2) is 6.10 Å². The summed E-state index contributed by atoms with van der Waals surface area (Å²) in [7, 11) is 5.97. The molecule has 454 valence electrons. The molecule has 0 aromatic carbocycles. The summed E-state index contributed by atoms with van der Waals surface area (Å²) in [4.78, 5) is 37.5. The Morgan fingerprint density at radius 3 is 1.09 bits per heavy atom. The average Bonchev–Trinajstić information content (AvgIpc) is 3.41. The fourth-order valence-corrected chi connectivity index (χ4v) is 9.51. The minimum Gasteiger partial charge on any atom is -0.477 e. The highest BCUT2D eigenvalue weighted by molar-refractivity contribution is 5.71. The van der Waals surface area contributed by atoms with Gasteiger partial charge in [0.05, 0.1) is 34.4 Å². The van der Waals surface area contributed by atoms with Gasteiger partial charge >= 0.3 is 17.9 Å². The second kappa shape index (κ2) is 60.1. The van der Waals surface area contributed by atoms with E-state index in [1.165, 1.54) is 193 Å². The molecule has 0 aliphatic rings. The number of nitrogens with zero attached hydrogens (tertiary/aromatic N) is 1. The summed E-state index contributed by atoms with van der Waals surface area (Å²) in [5.74, 6) is -2.01. The Balaban J connectivity index is 4.13. The van der Waals surface area contributed by atoms with Gasteiger partial charge < -0.3 is 28.5 Å². The van der Waals surface area contributed by atoms with Crippen LogP contribution < -0.4 is 0 Å². The van der Waals surface area contributed by atoms with Crippen molar-refractivity contribution in [1.82, 2.24) is 0 Å². The number of carboxylic acid groups (broad SMARTS) is 1. The quantitative estimate of drug-likeness (QED) is 0.0211. The maximum absolute atomic E-state index is 12.9. The predicted octanol–water partition coefficient (Wildman–Crippen LogP) is 20.0. The first-order valence-electron chi connectivity index (χ1n) is 33.0. The molecule has 0 saturated heterocycles. The van der Waals surface area contributed by atoms with Crippen molar-refractivity contribution in [2.45, 2.75) is 315 Å². The molecule has 0 radical (unpaired) electrons. The second-order valence-corrected chi connectivity index (χ2v) is 23.4. The van der Waals surface area contributed by atoms with Gasteiger partial charge in [0, 0.05) is 12.8 Å². The molecule has 9 nitrogen and oxygen atoms in total. The van der Waals surface area contributed by atoms with Gasteiger partial charge in [-0.3, -0.25) is 9.59 Å². The lowest BCUT2D eigenvalue weighted by Crippen LogP contribution is -2.40. The van der Waals surface area contributed by atoms with Crippen LogP contribution in [0.1, 0.15) is 303 Å². The van der Waals surface area contributed by atoms with E-state index in [4.69, 9.17) is 18.9 Å². The first-order valence-corrected chi connectivity index (χ1v) is 33.0. The summed E-state index contributed by atoms with van der Waals surface area (Å²) >= 11 is 0. The number of hydrogen-bond donors (Lipinski definition) is 1. The van der Waals surface area contributed by atoms with Gasteiger partial charge in [-0.05, 0) is 57.8 Å². The van der Waals surface area contributed by atoms with Crippen LogP contribution in [0.3, 0.4) is 0 Å². The zero-order valence-electron chi connectivity index (χ0n) is 51.8. The van der Waals surface area contributed by atoms with E-state index in [2.05, 4.69) is 74.6 Å². The molecule has 9 heteroatoms. The molecule has 2 atom stereocenters. The number of carboxylic acids is 1. The highest BCUT2D eigenvalue weighted by Crippen LogP contribution is 2.18. The maximum atomic E-state index is 12.9. The number of allylic oxidation sites excluding steroid dienone is 10.